The third-order valence-corrected chi connectivity index (χ3v) is 5.15. The van der Waals surface area contributed by atoms with E-state index in [0.717, 1.165) is 18.4 Å². The van der Waals surface area contributed by atoms with Crippen LogP contribution in [0, 0.1) is 0 Å². The van der Waals surface area contributed by atoms with E-state index in [-0.39, 0.29) is 36.2 Å². The molecule has 1 aromatic heterocycles. The number of ether oxygens (including phenoxy) is 1. The van der Waals surface area contributed by atoms with Gasteiger partial charge in [-0.25, -0.2) is 0 Å². The van der Waals surface area contributed by atoms with Gasteiger partial charge in [0.05, 0.1) is 25.5 Å². The van der Waals surface area contributed by atoms with Gasteiger partial charge in [-0.05, 0) is 60.9 Å². The van der Waals surface area contributed by atoms with Crippen LogP contribution in [0.15, 0.2) is 65.3 Å². The molecule has 2 N–H and O–H groups in total. The Labute approximate surface area is 180 Å². The molecule has 1 aliphatic rings. The maximum absolute atomic E-state index is 13.3. The molecule has 160 valence electrons. The number of phenols is 1. The highest BCUT2D eigenvalue weighted by Gasteiger charge is 2.24. The van der Waals surface area contributed by atoms with Gasteiger partial charge in [-0.15, -0.1) is 0 Å². The molecule has 7 nitrogen and oxygen atoms in total. The zero-order chi connectivity index (χ0) is 21.8. The summed E-state index contributed by atoms with van der Waals surface area (Å²) in [5.74, 6) is 0.533. The van der Waals surface area contributed by atoms with Gasteiger partial charge in [0.2, 0.25) is 0 Å². The number of methoxy groups -OCH3 is 1. The largest absolute Gasteiger partial charge is 0.507 e. The second-order valence-electron chi connectivity index (χ2n) is 7.57. The average Bonchev–Trinajstić information content (AvgIpc) is 3.45. The molecular weight excluding hydrogens is 396 g/mol. The Morgan fingerprint density at radius 3 is 2.55 bits per heavy atom. The molecule has 0 atom stereocenters. The van der Waals surface area contributed by atoms with Gasteiger partial charge in [0.1, 0.15) is 17.3 Å². The van der Waals surface area contributed by atoms with Gasteiger partial charge >= 0.3 is 0 Å². The first-order chi connectivity index (χ1) is 15.0. The Bertz CT molecular complexity index is 1060. The van der Waals surface area contributed by atoms with E-state index in [4.69, 9.17) is 9.15 Å². The highest BCUT2D eigenvalue weighted by atomic mass is 16.5. The maximum atomic E-state index is 13.3. The van der Waals surface area contributed by atoms with Crippen molar-refractivity contribution < 1.29 is 23.8 Å². The van der Waals surface area contributed by atoms with E-state index < -0.39 is 0 Å². The summed E-state index contributed by atoms with van der Waals surface area (Å²) in [6.45, 7) is 0.507. The molecule has 4 rings (SSSR count). The number of nitrogens with zero attached hydrogens (tertiary/aromatic N) is 1. The molecule has 2 amide bonds. The number of amides is 2. The normalized spacial score (nSPS) is 12.9. The summed E-state index contributed by atoms with van der Waals surface area (Å²) >= 11 is 0. The first-order valence-electron chi connectivity index (χ1n) is 10.1. The topological polar surface area (TPSA) is 92.0 Å². The molecule has 1 heterocycles. The summed E-state index contributed by atoms with van der Waals surface area (Å²) < 4.78 is 10.6. The molecule has 0 unspecified atom stereocenters. The van der Waals surface area contributed by atoms with Crippen molar-refractivity contribution in [1.82, 2.24) is 10.2 Å². The van der Waals surface area contributed by atoms with Crippen LogP contribution in [0.4, 0.5) is 0 Å². The summed E-state index contributed by atoms with van der Waals surface area (Å²) in [5, 5.41) is 13.2. The molecule has 1 aliphatic carbocycles. The van der Waals surface area contributed by atoms with Crippen LogP contribution in [0.5, 0.6) is 11.5 Å². The monoisotopic (exact) mass is 420 g/mol. The van der Waals surface area contributed by atoms with Gasteiger partial charge in [0, 0.05) is 18.2 Å². The van der Waals surface area contributed by atoms with E-state index in [2.05, 4.69) is 5.32 Å². The standard InChI is InChI=1S/C24H24N2O5/c1-30-19-10-11-22(27)21(13-19)24(29)26(15-20-3-2-12-31-20)14-16-4-6-17(7-5-16)23(28)25-18-8-9-18/h2-7,10-13,18,27H,8-9,14-15H2,1H3,(H,25,28). The fourth-order valence-electron chi connectivity index (χ4n) is 3.25. The first kappa shape index (κ1) is 20.5. The molecule has 1 saturated carbocycles. The van der Waals surface area contributed by atoms with Crippen LogP contribution in [0.3, 0.4) is 0 Å². The molecule has 31 heavy (non-hydrogen) atoms. The van der Waals surface area contributed by atoms with Crippen molar-refractivity contribution in [2.45, 2.75) is 32.0 Å². The molecule has 7 heteroatoms. The number of rotatable bonds is 8. The molecule has 2 aromatic carbocycles. The highest BCUT2D eigenvalue weighted by Crippen LogP contribution is 2.26. The van der Waals surface area contributed by atoms with E-state index in [1.807, 2.05) is 12.1 Å². The average molecular weight is 420 g/mol. The molecule has 0 spiro atoms. The SMILES string of the molecule is COc1ccc(O)c(C(=O)N(Cc2ccc(C(=O)NC3CC3)cc2)Cc2ccco2)c1. The van der Waals surface area contributed by atoms with E-state index in [0.29, 0.717) is 23.1 Å². The predicted octanol–water partition coefficient (Wildman–Crippen LogP) is 3.73. The number of furan rings is 1. The van der Waals surface area contributed by atoms with Gasteiger partial charge in [-0.3, -0.25) is 9.59 Å². The second kappa shape index (κ2) is 8.95. The lowest BCUT2D eigenvalue weighted by molar-refractivity contribution is 0.0714. The van der Waals surface area contributed by atoms with E-state index in [9.17, 15) is 14.7 Å². The number of hydrogen-bond donors (Lipinski definition) is 2. The van der Waals surface area contributed by atoms with Gasteiger partial charge in [0.15, 0.2) is 0 Å². The van der Waals surface area contributed by atoms with Gasteiger partial charge in [-0.2, -0.15) is 0 Å². The first-order valence-corrected chi connectivity index (χ1v) is 10.1. The van der Waals surface area contributed by atoms with Crippen molar-refractivity contribution in [2.75, 3.05) is 7.11 Å². The molecule has 0 aliphatic heterocycles. The maximum Gasteiger partial charge on any atom is 0.258 e. The second-order valence-corrected chi connectivity index (χ2v) is 7.57. The lowest BCUT2D eigenvalue weighted by Gasteiger charge is -2.23. The molecule has 0 bridgehead atoms. The third-order valence-electron chi connectivity index (χ3n) is 5.15. The Hall–Kier alpha value is -3.74. The fraction of sp³-hybridized carbons (Fsp3) is 0.250. The zero-order valence-corrected chi connectivity index (χ0v) is 17.2. The van der Waals surface area contributed by atoms with Gasteiger partial charge in [0.25, 0.3) is 11.8 Å². The minimum absolute atomic E-state index is 0.0844. The van der Waals surface area contributed by atoms with Crippen LogP contribution in [-0.4, -0.2) is 35.0 Å². The zero-order valence-electron chi connectivity index (χ0n) is 17.2. The molecule has 3 aromatic rings. The summed E-state index contributed by atoms with van der Waals surface area (Å²) in [6, 6.07) is 15.6. The van der Waals surface area contributed by atoms with Crippen molar-refractivity contribution in [3.63, 3.8) is 0 Å². The lowest BCUT2D eigenvalue weighted by atomic mass is 10.1. The molecule has 1 fully saturated rings. The van der Waals surface area contributed by atoms with Crippen LogP contribution in [-0.2, 0) is 13.1 Å². The predicted molar refractivity (Wildman–Crippen MR) is 114 cm³/mol. The Morgan fingerprint density at radius 1 is 1.13 bits per heavy atom. The Balaban J connectivity index is 1.55. The smallest absolute Gasteiger partial charge is 0.258 e. The minimum Gasteiger partial charge on any atom is -0.507 e. The molecule has 0 radical (unpaired) electrons. The van der Waals surface area contributed by atoms with Crippen molar-refractivity contribution >= 4 is 11.8 Å². The van der Waals surface area contributed by atoms with Crippen molar-refractivity contribution in [1.29, 1.82) is 0 Å². The van der Waals surface area contributed by atoms with Crippen LogP contribution in [0.1, 0.15) is 44.9 Å². The summed E-state index contributed by atoms with van der Waals surface area (Å²) in [7, 11) is 1.50. The molecular formula is C24H24N2O5. The fourth-order valence-corrected chi connectivity index (χ4v) is 3.25. The number of carbonyl (C=O) groups is 2. The quantitative estimate of drug-likeness (QED) is 0.579. The Morgan fingerprint density at radius 2 is 1.90 bits per heavy atom. The lowest BCUT2D eigenvalue weighted by Crippen LogP contribution is -2.30. The van der Waals surface area contributed by atoms with Crippen LogP contribution in [0.25, 0.3) is 0 Å². The molecule has 0 saturated heterocycles. The van der Waals surface area contributed by atoms with Gasteiger partial charge in [-0.1, -0.05) is 12.1 Å². The van der Waals surface area contributed by atoms with E-state index in [1.165, 1.54) is 19.2 Å². The van der Waals surface area contributed by atoms with E-state index in [1.54, 1.807) is 41.5 Å². The van der Waals surface area contributed by atoms with Crippen LogP contribution in [0.2, 0.25) is 0 Å². The number of hydrogen-bond acceptors (Lipinski definition) is 5. The van der Waals surface area contributed by atoms with Crippen LogP contribution >= 0.6 is 0 Å². The van der Waals surface area contributed by atoms with Crippen molar-refractivity contribution in [3.8, 4) is 11.5 Å². The summed E-state index contributed by atoms with van der Waals surface area (Å²) in [6.07, 6.45) is 3.61. The minimum atomic E-state index is -0.358. The summed E-state index contributed by atoms with van der Waals surface area (Å²) in [4.78, 5) is 27.1. The number of nitrogens with one attached hydrogen (secondary N) is 1. The number of benzene rings is 2. The summed E-state index contributed by atoms with van der Waals surface area (Å²) in [5.41, 5.74) is 1.58. The number of carbonyl (C=O) groups excluding carboxylic acids is 2. The van der Waals surface area contributed by atoms with Crippen molar-refractivity contribution in [2.24, 2.45) is 0 Å². The van der Waals surface area contributed by atoms with Gasteiger partial charge < -0.3 is 24.5 Å². The Kier molecular flexibility index (Phi) is 5.93. The number of phenolic OH excluding ortho intramolecular Hbond substituents is 1. The van der Waals surface area contributed by atoms with Crippen molar-refractivity contribution in [3.05, 3.63) is 83.3 Å². The van der Waals surface area contributed by atoms with E-state index >= 15 is 0 Å². The third kappa shape index (κ3) is 5.06. The highest BCUT2D eigenvalue weighted by molar-refractivity contribution is 5.97. The number of aromatic hydroxyl groups is 1. The van der Waals surface area contributed by atoms with Crippen LogP contribution < -0.4 is 10.1 Å².